The molecular formula is C20H23N3O3. The Morgan fingerprint density at radius 3 is 2.88 bits per heavy atom. The molecule has 1 amide bonds. The highest BCUT2D eigenvalue weighted by Crippen LogP contribution is 2.35. The van der Waals surface area contributed by atoms with Crippen LogP contribution >= 0.6 is 0 Å². The van der Waals surface area contributed by atoms with Gasteiger partial charge in [-0.25, -0.2) is 0 Å². The van der Waals surface area contributed by atoms with Crippen molar-refractivity contribution in [1.82, 2.24) is 10.3 Å². The molecule has 136 valence electrons. The summed E-state index contributed by atoms with van der Waals surface area (Å²) in [6.07, 6.45) is 2.39. The normalized spacial score (nSPS) is 20.7. The van der Waals surface area contributed by atoms with Gasteiger partial charge >= 0.3 is 0 Å². The van der Waals surface area contributed by atoms with Crippen molar-refractivity contribution >= 4 is 22.4 Å². The second-order valence-electron chi connectivity index (χ2n) is 6.75. The van der Waals surface area contributed by atoms with Crippen molar-refractivity contribution in [2.24, 2.45) is 11.1 Å². The maximum Gasteiger partial charge on any atom is 0.268 e. The van der Waals surface area contributed by atoms with Crippen LogP contribution in [-0.4, -0.2) is 33.4 Å². The number of aliphatic hydroxyl groups is 1. The largest absolute Gasteiger partial charge is 0.388 e. The predicted molar refractivity (Wildman–Crippen MR) is 99.7 cm³/mol. The van der Waals surface area contributed by atoms with Crippen molar-refractivity contribution in [3.05, 3.63) is 55.8 Å². The number of carbonyl (C=O) groups is 1. The van der Waals surface area contributed by atoms with Crippen molar-refractivity contribution in [1.29, 1.82) is 0 Å². The molecule has 0 saturated carbocycles. The summed E-state index contributed by atoms with van der Waals surface area (Å²) in [5.74, 6) is -0.437. The lowest BCUT2D eigenvalue weighted by Crippen LogP contribution is -2.53. The Labute approximate surface area is 153 Å². The van der Waals surface area contributed by atoms with Gasteiger partial charge in [-0.15, -0.1) is 0 Å². The molecule has 0 fully saturated rings. The molecule has 2 radical (unpaired) electrons. The second kappa shape index (κ2) is 7.41. The number of hydrogen-bond donors (Lipinski definition) is 2. The number of amides is 1. The molecule has 0 saturated heterocycles. The summed E-state index contributed by atoms with van der Waals surface area (Å²) in [4.78, 5) is 23.0. The van der Waals surface area contributed by atoms with Crippen LogP contribution in [0.3, 0.4) is 0 Å². The van der Waals surface area contributed by atoms with Gasteiger partial charge in [0.15, 0.2) is 0 Å². The molecule has 26 heavy (non-hydrogen) atoms. The van der Waals surface area contributed by atoms with Gasteiger partial charge in [0.1, 0.15) is 12.3 Å². The van der Waals surface area contributed by atoms with E-state index < -0.39 is 11.6 Å². The molecule has 2 heterocycles. The molecule has 1 aromatic heterocycles. The first-order valence-corrected chi connectivity index (χ1v) is 8.68. The first kappa shape index (κ1) is 18.3. The van der Waals surface area contributed by atoms with E-state index in [1.807, 2.05) is 44.2 Å². The van der Waals surface area contributed by atoms with Crippen LogP contribution in [0.4, 0.5) is 0 Å². The Bertz CT molecular complexity index is 825. The molecule has 6 heteroatoms. The SMILES string of the molecule is [CH2]C[C@@H]([CH]O)NC(=O)[C@]1(C(C)C)CC(c2nccc3ccccc23)=NO1. The van der Waals surface area contributed by atoms with Gasteiger partial charge in [-0.2, -0.15) is 0 Å². The van der Waals surface area contributed by atoms with E-state index >= 15 is 0 Å². The van der Waals surface area contributed by atoms with Gasteiger partial charge in [0.2, 0.25) is 5.60 Å². The van der Waals surface area contributed by atoms with Crippen molar-refractivity contribution in [2.75, 3.05) is 0 Å². The van der Waals surface area contributed by atoms with Crippen LogP contribution in [0.25, 0.3) is 10.8 Å². The van der Waals surface area contributed by atoms with E-state index in [1.54, 1.807) is 6.20 Å². The predicted octanol–water partition coefficient (Wildman–Crippen LogP) is 3.00. The van der Waals surface area contributed by atoms with E-state index in [9.17, 15) is 9.90 Å². The van der Waals surface area contributed by atoms with E-state index in [2.05, 4.69) is 22.4 Å². The van der Waals surface area contributed by atoms with Gasteiger partial charge in [-0.3, -0.25) is 9.78 Å². The molecule has 1 aliphatic rings. The quantitative estimate of drug-likeness (QED) is 0.836. The summed E-state index contributed by atoms with van der Waals surface area (Å²) in [6.45, 7) is 8.47. The summed E-state index contributed by atoms with van der Waals surface area (Å²) in [5, 5.41) is 18.2. The summed E-state index contributed by atoms with van der Waals surface area (Å²) < 4.78 is 0. The fourth-order valence-electron chi connectivity index (χ4n) is 3.09. The third kappa shape index (κ3) is 3.17. The van der Waals surface area contributed by atoms with Crippen LogP contribution in [0.2, 0.25) is 0 Å². The van der Waals surface area contributed by atoms with Crippen LogP contribution < -0.4 is 5.32 Å². The van der Waals surface area contributed by atoms with Gasteiger partial charge in [-0.05, 0) is 17.9 Å². The number of nitrogens with one attached hydrogen (secondary N) is 1. The minimum absolute atomic E-state index is 0.122. The summed E-state index contributed by atoms with van der Waals surface area (Å²) in [6, 6.07) is 9.32. The average molecular weight is 353 g/mol. The number of hydrogen-bond acceptors (Lipinski definition) is 5. The maximum absolute atomic E-state index is 12.9. The van der Waals surface area contributed by atoms with Crippen LogP contribution in [-0.2, 0) is 9.63 Å². The Kier molecular flexibility index (Phi) is 5.23. The van der Waals surface area contributed by atoms with Gasteiger partial charge in [0.05, 0.1) is 11.7 Å². The van der Waals surface area contributed by atoms with E-state index in [0.29, 0.717) is 18.6 Å². The zero-order chi connectivity index (χ0) is 18.7. The number of nitrogens with zero attached hydrogens (tertiary/aromatic N) is 2. The molecule has 2 N–H and O–H groups in total. The Morgan fingerprint density at radius 2 is 2.19 bits per heavy atom. The molecule has 1 aromatic carbocycles. The Hall–Kier alpha value is -2.47. The van der Waals surface area contributed by atoms with E-state index in [1.165, 1.54) is 0 Å². The molecule has 0 spiro atoms. The lowest BCUT2D eigenvalue weighted by molar-refractivity contribution is -0.150. The first-order chi connectivity index (χ1) is 12.5. The van der Waals surface area contributed by atoms with Gasteiger partial charge < -0.3 is 15.3 Å². The molecule has 6 nitrogen and oxygen atoms in total. The highest BCUT2D eigenvalue weighted by molar-refractivity contribution is 6.11. The molecule has 1 aliphatic heterocycles. The van der Waals surface area contributed by atoms with Crippen molar-refractivity contribution in [3.8, 4) is 0 Å². The number of carbonyl (C=O) groups excluding carboxylic acids is 1. The number of fused-ring (bicyclic) bond motifs is 1. The van der Waals surface area contributed by atoms with Gasteiger partial charge in [0, 0.05) is 23.9 Å². The number of oxime groups is 1. The maximum atomic E-state index is 12.9. The second-order valence-corrected chi connectivity index (χ2v) is 6.75. The summed E-state index contributed by atoms with van der Waals surface area (Å²) in [5.41, 5.74) is 0.232. The first-order valence-electron chi connectivity index (χ1n) is 8.68. The zero-order valence-corrected chi connectivity index (χ0v) is 15.0. The molecular weight excluding hydrogens is 330 g/mol. The highest BCUT2D eigenvalue weighted by atomic mass is 16.7. The van der Waals surface area contributed by atoms with Crippen LogP contribution in [0.5, 0.6) is 0 Å². The lowest BCUT2D eigenvalue weighted by atomic mass is 9.83. The topological polar surface area (TPSA) is 83.8 Å². The van der Waals surface area contributed by atoms with Crippen molar-refractivity contribution < 1.29 is 14.7 Å². The van der Waals surface area contributed by atoms with Crippen molar-refractivity contribution in [3.63, 3.8) is 0 Å². The standard InChI is InChI=1S/C20H23N3O3/c1-4-15(12-24)22-19(25)20(13(2)3)11-17(23-26-20)18-16-8-6-5-7-14(16)9-10-21-18/h5-10,12-13,15,24H,1,4,11H2,2-3H3,(H,22,25)/t15-,20+/m0/s1. The Morgan fingerprint density at radius 1 is 1.42 bits per heavy atom. The smallest absolute Gasteiger partial charge is 0.268 e. The minimum atomic E-state index is -1.13. The van der Waals surface area contributed by atoms with Crippen molar-refractivity contribution in [2.45, 2.75) is 38.3 Å². The van der Waals surface area contributed by atoms with Gasteiger partial charge in [0.25, 0.3) is 5.91 Å². The third-order valence-electron chi connectivity index (χ3n) is 4.82. The molecule has 0 aliphatic carbocycles. The molecule has 0 bridgehead atoms. The third-order valence-corrected chi connectivity index (χ3v) is 4.82. The number of aromatic nitrogens is 1. The molecule has 2 atom stereocenters. The zero-order valence-electron chi connectivity index (χ0n) is 15.0. The van der Waals surface area contributed by atoms with Crippen LogP contribution in [0.1, 0.15) is 32.4 Å². The number of aliphatic hydroxyl groups excluding tert-OH is 1. The number of rotatable bonds is 6. The fraction of sp³-hybridized carbons (Fsp3) is 0.350. The Balaban J connectivity index is 1.91. The molecule has 2 aromatic rings. The minimum Gasteiger partial charge on any atom is -0.388 e. The lowest BCUT2D eigenvalue weighted by Gasteiger charge is -2.30. The van der Waals surface area contributed by atoms with Crippen LogP contribution in [0.15, 0.2) is 41.7 Å². The fourth-order valence-corrected chi connectivity index (χ4v) is 3.09. The van der Waals surface area contributed by atoms with Crippen LogP contribution in [0, 0.1) is 19.4 Å². The van der Waals surface area contributed by atoms with E-state index in [0.717, 1.165) is 23.1 Å². The monoisotopic (exact) mass is 353 g/mol. The summed E-state index contributed by atoms with van der Waals surface area (Å²) >= 11 is 0. The molecule has 3 rings (SSSR count). The summed E-state index contributed by atoms with van der Waals surface area (Å²) in [7, 11) is 0. The average Bonchev–Trinajstić information content (AvgIpc) is 3.12. The van der Waals surface area contributed by atoms with E-state index in [-0.39, 0.29) is 11.8 Å². The van der Waals surface area contributed by atoms with Gasteiger partial charge in [-0.1, -0.05) is 50.2 Å². The molecule has 0 unspecified atom stereocenters. The highest BCUT2D eigenvalue weighted by Gasteiger charge is 2.50. The number of pyridine rings is 1. The number of benzene rings is 1. The van der Waals surface area contributed by atoms with E-state index in [4.69, 9.17) is 4.84 Å².